The van der Waals surface area contributed by atoms with Crippen LogP contribution in [0.4, 0.5) is 11.6 Å². The smallest absolute Gasteiger partial charge is 0.255 e. The van der Waals surface area contributed by atoms with Crippen LogP contribution in [0.5, 0.6) is 0 Å². The number of aliphatic hydroxyl groups excluding tert-OH is 1. The summed E-state index contributed by atoms with van der Waals surface area (Å²) in [6.45, 7) is 3.69. The molecule has 2 amide bonds. The van der Waals surface area contributed by atoms with Gasteiger partial charge in [0.1, 0.15) is 6.04 Å². The van der Waals surface area contributed by atoms with Gasteiger partial charge in [0.15, 0.2) is 0 Å². The van der Waals surface area contributed by atoms with Gasteiger partial charge in [-0.2, -0.15) is 0 Å². The number of fused-ring (bicyclic) bond motifs is 1. The van der Waals surface area contributed by atoms with Crippen LogP contribution in [-0.2, 0) is 11.3 Å². The van der Waals surface area contributed by atoms with Crippen LogP contribution in [0, 0.1) is 6.92 Å². The number of aryl methyl sites for hydroxylation is 1. The van der Waals surface area contributed by atoms with Gasteiger partial charge >= 0.3 is 0 Å². The van der Waals surface area contributed by atoms with Gasteiger partial charge in [-0.1, -0.05) is 71.8 Å². The molecule has 0 radical (unpaired) electrons. The highest BCUT2D eigenvalue weighted by Crippen LogP contribution is 2.32. The number of benzene rings is 3. The minimum absolute atomic E-state index is 0.250. The van der Waals surface area contributed by atoms with Crippen LogP contribution in [0.25, 0.3) is 11.3 Å². The maximum atomic E-state index is 13.4. The minimum atomic E-state index is -0.739. The van der Waals surface area contributed by atoms with Crippen molar-refractivity contribution in [1.82, 2.24) is 20.2 Å². The summed E-state index contributed by atoms with van der Waals surface area (Å²) in [4.78, 5) is 36.9. The van der Waals surface area contributed by atoms with Crippen molar-refractivity contribution in [2.24, 2.45) is 0 Å². The number of rotatable bonds is 8. The molecule has 1 aliphatic rings. The first-order valence-electron chi connectivity index (χ1n) is 12.6. The van der Waals surface area contributed by atoms with E-state index in [2.05, 4.69) is 20.6 Å². The lowest BCUT2D eigenvalue weighted by atomic mass is 10.0. The predicted octanol–water partition coefficient (Wildman–Crippen LogP) is 5.04. The topological polar surface area (TPSA) is 107 Å². The lowest BCUT2D eigenvalue weighted by Gasteiger charge is -2.26. The Kier molecular flexibility index (Phi) is 7.58. The third-order valence-electron chi connectivity index (χ3n) is 6.78. The highest BCUT2D eigenvalue weighted by atomic mass is 35.5. The summed E-state index contributed by atoms with van der Waals surface area (Å²) < 4.78 is 0. The highest BCUT2D eigenvalue weighted by molar-refractivity contribution is 6.33. The van der Waals surface area contributed by atoms with Crippen LogP contribution in [-0.4, -0.2) is 44.4 Å². The van der Waals surface area contributed by atoms with Crippen LogP contribution in [0.1, 0.15) is 40.0 Å². The van der Waals surface area contributed by atoms with Crippen molar-refractivity contribution < 1.29 is 14.7 Å². The molecule has 3 N–H and O–H groups in total. The number of carbonyl (C=O) groups is 2. The van der Waals surface area contributed by atoms with Crippen molar-refractivity contribution in [2.75, 3.05) is 11.9 Å². The number of nitrogens with zero attached hydrogens (tertiary/aromatic N) is 3. The van der Waals surface area contributed by atoms with Crippen molar-refractivity contribution in [2.45, 2.75) is 32.5 Å². The zero-order chi connectivity index (χ0) is 27.5. The number of nitrogens with one attached hydrogen (secondary N) is 2. The van der Waals surface area contributed by atoms with Gasteiger partial charge in [-0.05, 0) is 43.2 Å². The minimum Gasteiger partial charge on any atom is -0.394 e. The van der Waals surface area contributed by atoms with Crippen molar-refractivity contribution in [3.63, 3.8) is 0 Å². The molecule has 2 heterocycles. The summed E-state index contributed by atoms with van der Waals surface area (Å²) in [5.74, 6) is -0.211. The predicted molar refractivity (Wildman–Crippen MR) is 151 cm³/mol. The van der Waals surface area contributed by atoms with E-state index in [1.807, 2.05) is 73.7 Å². The molecule has 9 heteroatoms. The van der Waals surface area contributed by atoms with Gasteiger partial charge < -0.3 is 20.6 Å². The van der Waals surface area contributed by atoms with E-state index in [4.69, 9.17) is 11.6 Å². The molecule has 0 fully saturated rings. The molecule has 198 valence electrons. The van der Waals surface area contributed by atoms with Gasteiger partial charge in [0, 0.05) is 23.4 Å². The number of amides is 2. The second-order valence-corrected chi connectivity index (χ2v) is 9.93. The van der Waals surface area contributed by atoms with E-state index < -0.39 is 12.1 Å². The van der Waals surface area contributed by atoms with E-state index in [1.54, 1.807) is 13.0 Å². The summed E-state index contributed by atoms with van der Waals surface area (Å²) in [5.41, 5.74) is 5.15. The average molecular weight is 542 g/mol. The average Bonchev–Trinajstić information content (AvgIpc) is 3.28. The van der Waals surface area contributed by atoms with Gasteiger partial charge in [-0.3, -0.25) is 9.59 Å². The number of para-hydroxylation sites is 1. The second-order valence-electron chi connectivity index (χ2n) is 9.52. The molecule has 2 atom stereocenters. The lowest BCUT2D eigenvalue weighted by Crippen LogP contribution is -2.46. The quantitative estimate of drug-likeness (QED) is 0.288. The molecule has 3 aromatic carbocycles. The monoisotopic (exact) mass is 541 g/mol. The van der Waals surface area contributed by atoms with E-state index in [0.29, 0.717) is 34.3 Å². The molecule has 0 unspecified atom stereocenters. The fourth-order valence-electron chi connectivity index (χ4n) is 4.62. The van der Waals surface area contributed by atoms with Crippen molar-refractivity contribution in [3.8, 4) is 11.3 Å². The SMILES string of the molecule is Cc1cccc([C@@H](CO)NC(=O)[C@@H](C)N2Cc3ccc(-c4nc(Nc5ccccc5)ncc4Cl)cc3C2=O)c1. The van der Waals surface area contributed by atoms with Crippen molar-refractivity contribution in [1.29, 1.82) is 0 Å². The molecular formula is C30H28ClN5O3. The zero-order valence-electron chi connectivity index (χ0n) is 21.6. The molecule has 0 spiro atoms. The second kappa shape index (κ2) is 11.2. The maximum Gasteiger partial charge on any atom is 0.255 e. The van der Waals surface area contributed by atoms with E-state index in [0.717, 1.165) is 22.4 Å². The summed E-state index contributed by atoms with van der Waals surface area (Å²) in [7, 11) is 0. The molecule has 5 rings (SSSR count). The largest absolute Gasteiger partial charge is 0.394 e. The molecule has 0 saturated heterocycles. The van der Waals surface area contributed by atoms with Crippen molar-refractivity contribution in [3.05, 3.63) is 106 Å². The summed E-state index contributed by atoms with van der Waals surface area (Å²) in [5, 5.41) is 16.3. The number of aromatic nitrogens is 2. The van der Waals surface area contributed by atoms with Crippen LogP contribution in [0.3, 0.4) is 0 Å². The van der Waals surface area contributed by atoms with E-state index >= 15 is 0 Å². The van der Waals surface area contributed by atoms with Crippen LogP contribution < -0.4 is 10.6 Å². The van der Waals surface area contributed by atoms with Gasteiger partial charge in [0.25, 0.3) is 5.91 Å². The Labute approximate surface area is 231 Å². The first-order valence-corrected chi connectivity index (χ1v) is 13.0. The van der Waals surface area contributed by atoms with Crippen LogP contribution in [0.2, 0.25) is 5.02 Å². The fourth-order valence-corrected chi connectivity index (χ4v) is 4.82. The van der Waals surface area contributed by atoms with E-state index in [-0.39, 0.29) is 18.4 Å². The third kappa shape index (κ3) is 5.62. The van der Waals surface area contributed by atoms with E-state index in [1.165, 1.54) is 11.1 Å². The fraction of sp³-hybridized carbons (Fsp3) is 0.200. The number of halogens is 1. The number of hydrogen-bond donors (Lipinski definition) is 3. The Morgan fingerprint density at radius 2 is 1.90 bits per heavy atom. The molecule has 1 aromatic heterocycles. The highest BCUT2D eigenvalue weighted by Gasteiger charge is 2.35. The van der Waals surface area contributed by atoms with Gasteiger partial charge in [0.2, 0.25) is 11.9 Å². The number of anilines is 2. The molecule has 0 aliphatic carbocycles. The van der Waals surface area contributed by atoms with Gasteiger partial charge in [-0.15, -0.1) is 0 Å². The van der Waals surface area contributed by atoms with Crippen LogP contribution in [0.15, 0.2) is 79.0 Å². The molecule has 8 nitrogen and oxygen atoms in total. The Morgan fingerprint density at radius 1 is 1.10 bits per heavy atom. The zero-order valence-corrected chi connectivity index (χ0v) is 22.3. The molecule has 39 heavy (non-hydrogen) atoms. The maximum absolute atomic E-state index is 13.4. The lowest BCUT2D eigenvalue weighted by molar-refractivity contribution is -0.126. The molecular weight excluding hydrogens is 514 g/mol. The first kappa shape index (κ1) is 26.3. The molecule has 1 aliphatic heterocycles. The van der Waals surface area contributed by atoms with Gasteiger partial charge in [0.05, 0.1) is 29.6 Å². The molecule has 4 aromatic rings. The van der Waals surface area contributed by atoms with Crippen molar-refractivity contribution >= 4 is 35.1 Å². The Bertz CT molecular complexity index is 1530. The molecule has 0 saturated carbocycles. The Balaban J connectivity index is 1.33. The third-order valence-corrected chi connectivity index (χ3v) is 7.06. The Morgan fingerprint density at radius 3 is 2.64 bits per heavy atom. The number of hydrogen-bond acceptors (Lipinski definition) is 6. The normalized spacial score (nSPS) is 14.1. The first-order chi connectivity index (χ1) is 18.8. The standard InChI is InChI=1S/C30H28ClN5O3/c1-18-7-6-8-20(13-18)26(17-37)34-28(38)19(2)36-16-22-12-11-21(14-24(22)29(36)39)27-25(31)15-32-30(35-27)33-23-9-4-3-5-10-23/h3-15,19,26,37H,16-17H2,1-2H3,(H,34,38)(H,32,33,35)/t19-,26-/m1/s1. The Hall–Kier alpha value is -4.27. The number of carbonyl (C=O) groups excluding carboxylic acids is 2. The van der Waals surface area contributed by atoms with Crippen LogP contribution >= 0.6 is 11.6 Å². The summed E-state index contributed by atoms with van der Waals surface area (Å²) in [6, 6.07) is 21.3. The summed E-state index contributed by atoms with van der Waals surface area (Å²) >= 11 is 6.44. The number of aliphatic hydroxyl groups is 1. The molecule has 0 bridgehead atoms. The van der Waals surface area contributed by atoms with Gasteiger partial charge in [-0.25, -0.2) is 9.97 Å². The summed E-state index contributed by atoms with van der Waals surface area (Å²) in [6.07, 6.45) is 1.52. The van der Waals surface area contributed by atoms with E-state index in [9.17, 15) is 14.7 Å².